The van der Waals surface area contributed by atoms with Crippen LogP contribution in [0.2, 0.25) is 0 Å². The van der Waals surface area contributed by atoms with Crippen molar-refractivity contribution in [1.82, 2.24) is 4.72 Å². The van der Waals surface area contributed by atoms with Gasteiger partial charge in [-0.2, -0.15) is 4.72 Å². The third kappa shape index (κ3) is 3.26. The number of sulfonamides is 1. The minimum Gasteiger partial charge on any atom is -0.480 e. The van der Waals surface area contributed by atoms with E-state index < -0.39 is 27.0 Å². The molecule has 0 aliphatic carbocycles. The summed E-state index contributed by atoms with van der Waals surface area (Å²) in [5.74, 6) is -1.34. The number of hydrogen-bond acceptors (Lipinski definition) is 5. The average Bonchev–Trinajstić information content (AvgIpc) is 2.27. The first-order valence-corrected chi connectivity index (χ1v) is 6.64. The van der Waals surface area contributed by atoms with Crippen LogP contribution in [-0.4, -0.2) is 30.5 Å². The van der Waals surface area contributed by atoms with E-state index in [1.165, 1.54) is 25.1 Å². The Morgan fingerprint density at radius 1 is 1.47 bits per heavy atom. The van der Waals surface area contributed by atoms with Gasteiger partial charge in [0.15, 0.2) is 0 Å². The number of nitrogens with one attached hydrogen (secondary N) is 1. The van der Waals surface area contributed by atoms with E-state index in [0.29, 0.717) is 0 Å². The van der Waals surface area contributed by atoms with E-state index in [0.717, 1.165) is 6.92 Å². The number of benzene rings is 1. The molecule has 1 atom stereocenters. The molecule has 19 heavy (non-hydrogen) atoms. The van der Waals surface area contributed by atoms with Crippen LogP contribution < -0.4 is 4.72 Å². The molecule has 1 rings (SSSR count). The molecule has 0 radical (unpaired) electrons. The summed E-state index contributed by atoms with van der Waals surface area (Å²) in [6.45, 7) is 2.45. The van der Waals surface area contributed by atoms with Gasteiger partial charge < -0.3 is 5.11 Å². The molecular formula is C10H12N2O6S. The smallest absolute Gasteiger partial charge is 0.321 e. The predicted octanol–water partition coefficient (Wildman–Crippen LogP) is 0.655. The third-order valence-electron chi connectivity index (χ3n) is 2.44. The van der Waals surface area contributed by atoms with Crippen molar-refractivity contribution < 1.29 is 23.2 Å². The summed E-state index contributed by atoms with van der Waals surface area (Å²) in [5.41, 5.74) is -0.386. The number of aliphatic carboxylic acids is 1. The van der Waals surface area contributed by atoms with Gasteiger partial charge >= 0.3 is 5.97 Å². The van der Waals surface area contributed by atoms with Gasteiger partial charge in [-0.25, -0.2) is 8.42 Å². The van der Waals surface area contributed by atoms with E-state index in [9.17, 15) is 23.3 Å². The Labute approximate surface area is 109 Å². The number of hydrogen-bond donors (Lipinski definition) is 2. The molecular weight excluding hydrogens is 276 g/mol. The maximum atomic E-state index is 11.9. The molecule has 0 bridgehead atoms. The minimum absolute atomic E-state index is 0.0439. The Hall–Kier alpha value is -2.00. The molecule has 0 aliphatic heterocycles. The summed E-state index contributed by atoms with van der Waals surface area (Å²) < 4.78 is 25.8. The zero-order valence-corrected chi connectivity index (χ0v) is 11.0. The van der Waals surface area contributed by atoms with Crippen molar-refractivity contribution in [1.29, 1.82) is 0 Å². The van der Waals surface area contributed by atoms with Crippen molar-refractivity contribution in [3.05, 3.63) is 33.9 Å². The monoisotopic (exact) mass is 288 g/mol. The first-order chi connectivity index (χ1) is 8.66. The van der Waals surface area contributed by atoms with E-state index in [2.05, 4.69) is 0 Å². The lowest BCUT2D eigenvalue weighted by atomic mass is 10.2. The molecule has 0 saturated heterocycles. The number of carboxylic acids is 1. The zero-order chi connectivity index (χ0) is 14.8. The number of carbonyl (C=O) groups is 1. The highest BCUT2D eigenvalue weighted by atomic mass is 32.2. The lowest BCUT2D eigenvalue weighted by Crippen LogP contribution is -2.38. The van der Waals surface area contributed by atoms with Crippen molar-refractivity contribution in [2.45, 2.75) is 24.8 Å². The second-order valence-electron chi connectivity index (χ2n) is 3.84. The van der Waals surface area contributed by atoms with Crippen molar-refractivity contribution in [3.8, 4) is 0 Å². The SMILES string of the molecule is Cc1c([N+](=O)[O-])cccc1S(=O)(=O)NC(C)C(=O)O. The molecule has 0 spiro atoms. The minimum atomic E-state index is -4.13. The van der Waals surface area contributed by atoms with Crippen molar-refractivity contribution >= 4 is 21.7 Å². The molecule has 0 amide bonds. The van der Waals surface area contributed by atoms with E-state index in [-0.39, 0.29) is 16.1 Å². The van der Waals surface area contributed by atoms with Gasteiger partial charge in [-0.1, -0.05) is 6.07 Å². The van der Waals surface area contributed by atoms with E-state index in [4.69, 9.17) is 5.11 Å². The number of rotatable bonds is 5. The van der Waals surface area contributed by atoms with Gasteiger partial charge in [0.2, 0.25) is 10.0 Å². The average molecular weight is 288 g/mol. The quantitative estimate of drug-likeness (QED) is 0.605. The highest BCUT2D eigenvalue weighted by molar-refractivity contribution is 7.89. The highest BCUT2D eigenvalue weighted by Gasteiger charge is 2.26. The fourth-order valence-electron chi connectivity index (χ4n) is 1.44. The number of nitro benzene ring substituents is 1. The van der Waals surface area contributed by atoms with Gasteiger partial charge in [-0.15, -0.1) is 0 Å². The number of carboxylic acid groups (broad SMARTS) is 1. The van der Waals surface area contributed by atoms with Crippen molar-refractivity contribution in [2.24, 2.45) is 0 Å². The molecule has 1 aromatic rings. The molecule has 1 unspecified atom stereocenters. The van der Waals surface area contributed by atoms with Crippen LogP contribution in [-0.2, 0) is 14.8 Å². The standard InChI is InChI=1S/C10H12N2O6S/c1-6-8(12(15)16)4-3-5-9(6)19(17,18)11-7(2)10(13)14/h3-5,7,11H,1-2H3,(H,13,14). The summed E-state index contributed by atoms with van der Waals surface area (Å²) in [4.78, 5) is 20.4. The molecule has 2 N–H and O–H groups in total. The van der Waals surface area contributed by atoms with Crippen LogP contribution in [0.15, 0.2) is 23.1 Å². The Kier molecular flexibility index (Phi) is 4.22. The second kappa shape index (κ2) is 5.33. The van der Waals surface area contributed by atoms with Gasteiger partial charge in [0.05, 0.1) is 9.82 Å². The molecule has 0 heterocycles. The fraction of sp³-hybridized carbons (Fsp3) is 0.300. The zero-order valence-electron chi connectivity index (χ0n) is 10.2. The normalized spacial score (nSPS) is 12.9. The van der Waals surface area contributed by atoms with Gasteiger partial charge in [0, 0.05) is 11.6 Å². The predicted molar refractivity (Wildman–Crippen MR) is 65.3 cm³/mol. The Bertz CT molecular complexity index is 625. The van der Waals surface area contributed by atoms with Gasteiger partial charge in [-0.3, -0.25) is 14.9 Å². The van der Waals surface area contributed by atoms with Gasteiger partial charge in [-0.05, 0) is 19.9 Å². The second-order valence-corrected chi connectivity index (χ2v) is 5.52. The van der Waals surface area contributed by atoms with Crippen molar-refractivity contribution in [2.75, 3.05) is 0 Å². The van der Waals surface area contributed by atoms with E-state index in [1.807, 2.05) is 4.72 Å². The molecule has 0 aromatic heterocycles. The van der Waals surface area contributed by atoms with Crippen LogP contribution in [0.5, 0.6) is 0 Å². The summed E-state index contributed by atoms with van der Waals surface area (Å²) >= 11 is 0. The molecule has 0 saturated carbocycles. The molecule has 9 heteroatoms. The van der Waals surface area contributed by atoms with Crippen LogP contribution in [0.4, 0.5) is 5.69 Å². The summed E-state index contributed by atoms with van der Waals surface area (Å²) in [6.07, 6.45) is 0. The van der Waals surface area contributed by atoms with Crippen LogP contribution in [0.3, 0.4) is 0 Å². The first-order valence-electron chi connectivity index (χ1n) is 5.16. The fourth-order valence-corrected chi connectivity index (χ4v) is 2.90. The van der Waals surface area contributed by atoms with Gasteiger partial charge in [0.25, 0.3) is 5.69 Å². The van der Waals surface area contributed by atoms with Crippen LogP contribution in [0.25, 0.3) is 0 Å². The largest absolute Gasteiger partial charge is 0.480 e. The number of nitrogens with zero attached hydrogens (tertiary/aromatic N) is 1. The molecule has 104 valence electrons. The first kappa shape index (κ1) is 15.1. The topological polar surface area (TPSA) is 127 Å². The lowest BCUT2D eigenvalue weighted by molar-refractivity contribution is -0.385. The Balaban J connectivity index is 3.26. The Morgan fingerprint density at radius 3 is 2.53 bits per heavy atom. The Morgan fingerprint density at radius 2 is 2.05 bits per heavy atom. The van der Waals surface area contributed by atoms with E-state index >= 15 is 0 Å². The molecule has 0 fully saturated rings. The van der Waals surface area contributed by atoms with Crippen LogP contribution in [0, 0.1) is 17.0 Å². The summed E-state index contributed by atoms with van der Waals surface area (Å²) in [6, 6.07) is 2.25. The lowest BCUT2D eigenvalue weighted by Gasteiger charge is -2.12. The number of nitro groups is 1. The third-order valence-corrected chi connectivity index (χ3v) is 4.13. The van der Waals surface area contributed by atoms with E-state index in [1.54, 1.807) is 0 Å². The van der Waals surface area contributed by atoms with Crippen LogP contribution in [0.1, 0.15) is 12.5 Å². The maximum Gasteiger partial charge on any atom is 0.321 e. The summed E-state index contributed by atoms with van der Waals surface area (Å²) in [7, 11) is -4.13. The molecule has 1 aromatic carbocycles. The van der Waals surface area contributed by atoms with Gasteiger partial charge in [0.1, 0.15) is 6.04 Å². The maximum absolute atomic E-state index is 11.9. The highest BCUT2D eigenvalue weighted by Crippen LogP contribution is 2.24. The van der Waals surface area contributed by atoms with Crippen molar-refractivity contribution in [3.63, 3.8) is 0 Å². The molecule has 0 aliphatic rings. The summed E-state index contributed by atoms with van der Waals surface area (Å²) in [5, 5.41) is 19.4. The molecule has 8 nitrogen and oxygen atoms in total. The van der Waals surface area contributed by atoms with Crippen LogP contribution >= 0.6 is 0 Å².